The molecule has 0 atom stereocenters. The SMILES string of the molecule is C=C(NC(=O)c1csc(CCC)n1)C(=O)NC(=C)C(=O)OCCOC.CC(=O)OC(C)(C)C.CCCC(CCC)CCC. The molecule has 0 aliphatic carbocycles. The molecule has 10 nitrogen and oxygen atoms in total. The predicted molar refractivity (Wildman–Crippen MR) is 173 cm³/mol. The lowest BCUT2D eigenvalue weighted by Gasteiger charge is -2.17. The van der Waals surface area contributed by atoms with Crippen LogP contribution in [-0.4, -0.2) is 54.7 Å². The maximum absolute atomic E-state index is 12.0. The number of nitrogens with zero attached hydrogens (tertiary/aromatic N) is 1. The normalized spacial score (nSPS) is 10.4. The van der Waals surface area contributed by atoms with Crippen LogP contribution in [0.5, 0.6) is 0 Å². The molecule has 0 aliphatic heterocycles. The summed E-state index contributed by atoms with van der Waals surface area (Å²) in [6, 6.07) is 0. The Balaban J connectivity index is 0. The van der Waals surface area contributed by atoms with Crippen molar-refractivity contribution < 1.29 is 33.4 Å². The van der Waals surface area contributed by atoms with Crippen LogP contribution in [0.3, 0.4) is 0 Å². The van der Waals surface area contributed by atoms with Gasteiger partial charge in [-0.15, -0.1) is 11.3 Å². The van der Waals surface area contributed by atoms with Gasteiger partial charge in [0.15, 0.2) is 0 Å². The highest BCUT2D eigenvalue weighted by Crippen LogP contribution is 2.18. The van der Waals surface area contributed by atoms with Crippen LogP contribution >= 0.6 is 11.3 Å². The van der Waals surface area contributed by atoms with E-state index in [0.29, 0.717) is 0 Å². The summed E-state index contributed by atoms with van der Waals surface area (Å²) in [5.74, 6) is -1.32. The molecule has 1 rings (SSSR count). The molecule has 0 fully saturated rings. The highest BCUT2D eigenvalue weighted by Gasteiger charge is 2.18. The van der Waals surface area contributed by atoms with Gasteiger partial charge in [-0.2, -0.15) is 0 Å². The van der Waals surface area contributed by atoms with E-state index in [0.717, 1.165) is 23.8 Å². The minimum absolute atomic E-state index is 0.0336. The van der Waals surface area contributed by atoms with Gasteiger partial charge in [0.05, 0.1) is 17.3 Å². The monoisotopic (exact) mass is 625 g/mol. The highest BCUT2D eigenvalue weighted by molar-refractivity contribution is 7.09. The number of carbonyl (C=O) groups is 4. The third-order valence-corrected chi connectivity index (χ3v) is 6.27. The molecular weight excluding hydrogens is 570 g/mol. The fourth-order valence-corrected chi connectivity index (χ4v) is 4.54. The number of nitrogens with one attached hydrogen (secondary N) is 2. The molecule has 0 aromatic carbocycles. The number of hydrogen-bond acceptors (Lipinski definition) is 9. The van der Waals surface area contributed by atoms with Crippen molar-refractivity contribution in [2.75, 3.05) is 20.3 Å². The average Bonchev–Trinajstić information content (AvgIpc) is 3.37. The number of rotatable bonds is 16. The predicted octanol–water partition coefficient (Wildman–Crippen LogP) is 6.51. The Morgan fingerprint density at radius 2 is 1.47 bits per heavy atom. The molecule has 0 spiro atoms. The van der Waals surface area contributed by atoms with Crippen molar-refractivity contribution in [2.45, 2.75) is 112 Å². The Kier molecular flexibility index (Phi) is 23.9. The van der Waals surface area contributed by atoms with Crippen LogP contribution in [0.15, 0.2) is 29.9 Å². The van der Waals surface area contributed by atoms with Crippen molar-refractivity contribution in [2.24, 2.45) is 5.92 Å². The van der Waals surface area contributed by atoms with Crippen LogP contribution in [0.25, 0.3) is 0 Å². The number of methoxy groups -OCH3 is 1. The van der Waals surface area contributed by atoms with Crippen LogP contribution < -0.4 is 10.6 Å². The highest BCUT2D eigenvalue weighted by atomic mass is 32.1. The molecule has 246 valence electrons. The Morgan fingerprint density at radius 1 is 0.907 bits per heavy atom. The number of hydrogen-bond donors (Lipinski definition) is 2. The van der Waals surface area contributed by atoms with Gasteiger partial charge in [0.2, 0.25) is 0 Å². The van der Waals surface area contributed by atoms with Crippen LogP contribution in [0.2, 0.25) is 0 Å². The number of aryl methyl sites for hydroxylation is 1. The van der Waals surface area contributed by atoms with E-state index in [1.165, 1.54) is 63.9 Å². The van der Waals surface area contributed by atoms with Crippen molar-refractivity contribution in [3.63, 3.8) is 0 Å². The van der Waals surface area contributed by atoms with E-state index in [2.05, 4.69) is 49.5 Å². The van der Waals surface area contributed by atoms with E-state index in [9.17, 15) is 19.2 Å². The van der Waals surface area contributed by atoms with Crippen LogP contribution in [0.4, 0.5) is 0 Å². The lowest BCUT2D eigenvalue weighted by molar-refractivity contribution is -0.152. The number of aromatic nitrogens is 1. The van der Waals surface area contributed by atoms with E-state index in [4.69, 9.17) is 14.2 Å². The first-order valence-electron chi connectivity index (χ1n) is 15.0. The number of thiazole rings is 1. The summed E-state index contributed by atoms with van der Waals surface area (Å²) in [4.78, 5) is 49.9. The molecule has 0 unspecified atom stereocenters. The van der Waals surface area contributed by atoms with Gasteiger partial charge in [0.1, 0.15) is 23.6 Å². The largest absolute Gasteiger partial charge is 0.460 e. The smallest absolute Gasteiger partial charge is 0.354 e. The third-order valence-electron chi connectivity index (χ3n) is 5.36. The van der Waals surface area contributed by atoms with Crippen molar-refractivity contribution in [1.29, 1.82) is 0 Å². The molecule has 1 heterocycles. The van der Waals surface area contributed by atoms with E-state index in [1.54, 1.807) is 5.38 Å². The van der Waals surface area contributed by atoms with Gasteiger partial charge in [0, 0.05) is 19.4 Å². The van der Waals surface area contributed by atoms with Gasteiger partial charge in [-0.3, -0.25) is 14.4 Å². The van der Waals surface area contributed by atoms with Gasteiger partial charge in [0.25, 0.3) is 11.8 Å². The van der Waals surface area contributed by atoms with E-state index >= 15 is 0 Å². The van der Waals surface area contributed by atoms with Crippen LogP contribution in [-0.2, 0) is 35.0 Å². The molecule has 2 N–H and O–H groups in total. The number of amides is 2. The summed E-state index contributed by atoms with van der Waals surface area (Å²) in [6.45, 7) is 23.0. The average molecular weight is 626 g/mol. The Hall–Kier alpha value is -3.05. The number of esters is 2. The lowest BCUT2D eigenvalue weighted by atomic mass is 9.94. The summed E-state index contributed by atoms with van der Waals surface area (Å²) in [5, 5.41) is 6.99. The molecule has 43 heavy (non-hydrogen) atoms. The summed E-state index contributed by atoms with van der Waals surface area (Å²) in [5.41, 5.74) is -0.622. The van der Waals surface area contributed by atoms with Crippen molar-refractivity contribution in [3.8, 4) is 0 Å². The second kappa shape index (κ2) is 24.4. The van der Waals surface area contributed by atoms with Gasteiger partial charge in [-0.25, -0.2) is 9.78 Å². The van der Waals surface area contributed by atoms with Crippen LogP contribution in [0.1, 0.15) is 116 Å². The molecule has 11 heteroatoms. The second-order valence-corrected chi connectivity index (χ2v) is 11.8. The maximum Gasteiger partial charge on any atom is 0.354 e. The van der Waals surface area contributed by atoms with Crippen molar-refractivity contribution >= 4 is 35.1 Å². The Morgan fingerprint density at radius 3 is 1.88 bits per heavy atom. The summed E-state index contributed by atoms with van der Waals surface area (Å²) < 4.78 is 14.3. The third kappa shape index (κ3) is 23.1. The molecule has 1 aromatic heterocycles. The molecule has 0 aliphatic rings. The number of ether oxygens (including phenoxy) is 3. The van der Waals surface area contributed by atoms with Gasteiger partial charge >= 0.3 is 11.9 Å². The summed E-state index contributed by atoms with van der Waals surface area (Å²) in [7, 11) is 1.46. The van der Waals surface area contributed by atoms with Crippen molar-refractivity contribution in [3.05, 3.63) is 40.6 Å². The molecule has 0 radical (unpaired) electrons. The topological polar surface area (TPSA) is 133 Å². The van der Waals surface area contributed by atoms with Gasteiger partial charge in [-0.05, 0) is 39.5 Å². The first-order valence-corrected chi connectivity index (χ1v) is 15.8. The standard InChI is InChI=1S/C16H21N3O5S.C10H22.C6H12O2/c1-5-6-13-19-12(9-25-13)15(21)17-10(2)14(20)18-11(3)16(22)24-8-7-23-4;1-4-7-10(8-5-2)9-6-3;1-5(7)8-6(2,3)4/h9H,2-3,5-8H2,1,4H3,(H,17,21)(H,18,20);10H,4-9H2,1-3H3;1-4H3. The molecule has 2 amide bonds. The van der Waals surface area contributed by atoms with Gasteiger partial charge in [-0.1, -0.05) is 79.4 Å². The lowest BCUT2D eigenvalue weighted by Crippen LogP contribution is -2.36. The molecule has 0 saturated carbocycles. The summed E-state index contributed by atoms with van der Waals surface area (Å²) in [6.07, 6.45) is 10.1. The summed E-state index contributed by atoms with van der Waals surface area (Å²) >= 11 is 1.37. The van der Waals surface area contributed by atoms with E-state index < -0.39 is 17.8 Å². The Bertz CT molecular complexity index is 985. The van der Waals surface area contributed by atoms with E-state index in [1.807, 2.05) is 27.7 Å². The van der Waals surface area contributed by atoms with E-state index in [-0.39, 0.29) is 41.9 Å². The second-order valence-electron chi connectivity index (χ2n) is 10.8. The zero-order valence-corrected chi connectivity index (χ0v) is 28.7. The van der Waals surface area contributed by atoms with Crippen LogP contribution in [0, 0.1) is 5.92 Å². The zero-order chi connectivity index (χ0) is 33.4. The molecular formula is C32H55N3O7S. The number of carbonyl (C=O) groups excluding carboxylic acids is 4. The van der Waals surface area contributed by atoms with Crippen molar-refractivity contribution in [1.82, 2.24) is 15.6 Å². The minimum Gasteiger partial charge on any atom is -0.460 e. The fraction of sp³-hybridized carbons (Fsp3) is 0.656. The quantitative estimate of drug-likeness (QED) is 0.121. The Labute approximate surface area is 263 Å². The molecule has 0 bridgehead atoms. The van der Waals surface area contributed by atoms with Gasteiger partial charge < -0.3 is 24.8 Å². The first-order chi connectivity index (χ1) is 20.1. The maximum atomic E-state index is 12.0. The fourth-order valence-electron chi connectivity index (χ4n) is 3.66. The first kappa shape index (κ1) is 42.1. The molecule has 0 saturated heterocycles. The minimum atomic E-state index is -0.798. The molecule has 1 aromatic rings. The zero-order valence-electron chi connectivity index (χ0n) is 27.9.